The minimum absolute atomic E-state index is 0.0798. The number of carbonyl (C=O) groups is 1. The normalized spacial score (nSPS) is 15.7. The fourth-order valence-corrected chi connectivity index (χ4v) is 3.66. The van der Waals surface area contributed by atoms with Crippen LogP contribution >= 0.6 is 15.9 Å². The number of hydrogen-bond donors (Lipinski definition) is 1. The highest BCUT2D eigenvalue weighted by atomic mass is 79.9. The number of hydrogen-bond acceptors (Lipinski definition) is 4. The molecule has 0 spiro atoms. The molecule has 2 heterocycles. The van der Waals surface area contributed by atoms with Crippen LogP contribution in [0.15, 0.2) is 59.3 Å². The smallest absolute Gasteiger partial charge is 0.272 e. The Morgan fingerprint density at radius 3 is 2.82 bits per heavy atom. The molecule has 1 aliphatic heterocycles. The van der Waals surface area contributed by atoms with E-state index in [4.69, 9.17) is 9.47 Å². The van der Waals surface area contributed by atoms with E-state index in [9.17, 15) is 4.79 Å². The molecule has 1 N–H and O–H groups in total. The number of ether oxygens (including phenoxy) is 2. The zero-order valence-corrected chi connectivity index (χ0v) is 17.0. The Balaban J connectivity index is 1.44. The molecule has 7 heteroatoms. The average Bonchev–Trinajstić information content (AvgIpc) is 3.16. The molecule has 28 heavy (non-hydrogen) atoms. The van der Waals surface area contributed by atoms with Crippen molar-refractivity contribution in [1.82, 2.24) is 14.9 Å². The number of carbonyl (C=O) groups excluding carboxylic acids is 1. The van der Waals surface area contributed by atoms with E-state index >= 15 is 0 Å². The van der Waals surface area contributed by atoms with Crippen molar-refractivity contribution < 1.29 is 14.3 Å². The van der Waals surface area contributed by atoms with E-state index < -0.39 is 0 Å². The van der Waals surface area contributed by atoms with Gasteiger partial charge in [0.1, 0.15) is 11.9 Å². The van der Waals surface area contributed by atoms with Crippen LogP contribution < -0.4 is 10.1 Å². The predicted molar refractivity (Wildman–Crippen MR) is 108 cm³/mol. The van der Waals surface area contributed by atoms with Gasteiger partial charge in [0.25, 0.3) is 5.91 Å². The number of imidazole rings is 1. The molecule has 2 aromatic carbocycles. The maximum Gasteiger partial charge on any atom is 0.272 e. The molecule has 1 atom stereocenters. The Bertz CT molecular complexity index is 985. The number of rotatable bonds is 5. The SMILES string of the molecule is COc1ccc([C@H]2Cn3cnc(C(=O)NCc4ccccc4Br)c3CO2)cc1. The van der Waals surface area contributed by atoms with Crippen LogP contribution in [0.1, 0.15) is 33.4 Å². The van der Waals surface area contributed by atoms with Gasteiger partial charge in [-0.25, -0.2) is 4.98 Å². The molecule has 144 valence electrons. The number of amides is 1. The molecule has 0 radical (unpaired) electrons. The summed E-state index contributed by atoms with van der Waals surface area (Å²) in [7, 11) is 1.65. The van der Waals surface area contributed by atoms with Gasteiger partial charge in [-0.05, 0) is 29.3 Å². The van der Waals surface area contributed by atoms with Gasteiger partial charge >= 0.3 is 0 Å². The van der Waals surface area contributed by atoms with Crippen LogP contribution in [-0.4, -0.2) is 22.6 Å². The Morgan fingerprint density at radius 1 is 1.29 bits per heavy atom. The first-order chi connectivity index (χ1) is 13.7. The second-order valence-electron chi connectivity index (χ2n) is 6.54. The topological polar surface area (TPSA) is 65.4 Å². The minimum atomic E-state index is -0.198. The van der Waals surface area contributed by atoms with Crippen molar-refractivity contribution in [3.8, 4) is 5.75 Å². The lowest BCUT2D eigenvalue weighted by Crippen LogP contribution is -2.27. The number of methoxy groups -OCH3 is 1. The van der Waals surface area contributed by atoms with Crippen LogP contribution in [0.2, 0.25) is 0 Å². The lowest BCUT2D eigenvalue weighted by atomic mass is 10.1. The van der Waals surface area contributed by atoms with E-state index in [0.717, 1.165) is 27.0 Å². The van der Waals surface area contributed by atoms with Crippen LogP contribution in [0.4, 0.5) is 0 Å². The lowest BCUT2D eigenvalue weighted by molar-refractivity contribution is 0.00255. The first-order valence-corrected chi connectivity index (χ1v) is 9.76. The molecule has 0 saturated carbocycles. The summed E-state index contributed by atoms with van der Waals surface area (Å²) in [5.74, 6) is 0.614. The van der Waals surface area contributed by atoms with Crippen LogP contribution in [-0.2, 0) is 24.4 Å². The van der Waals surface area contributed by atoms with Crippen molar-refractivity contribution in [2.75, 3.05) is 7.11 Å². The Kier molecular flexibility index (Phi) is 5.45. The molecule has 0 bridgehead atoms. The number of aromatic nitrogens is 2. The van der Waals surface area contributed by atoms with Gasteiger partial charge in [-0.3, -0.25) is 4.79 Å². The molecule has 0 fully saturated rings. The Hall–Kier alpha value is -2.64. The van der Waals surface area contributed by atoms with Gasteiger partial charge in [0.2, 0.25) is 0 Å². The van der Waals surface area contributed by atoms with Crippen LogP contribution in [0.25, 0.3) is 0 Å². The molecule has 0 aliphatic carbocycles. The third kappa shape index (κ3) is 3.81. The summed E-state index contributed by atoms with van der Waals surface area (Å²) in [5, 5.41) is 2.93. The number of nitrogens with one attached hydrogen (secondary N) is 1. The Morgan fingerprint density at radius 2 is 2.07 bits per heavy atom. The molecule has 3 aromatic rings. The molecule has 6 nitrogen and oxygen atoms in total. The molecular weight excluding hydrogens is 422 g/mol. The monoisotopic (exact) mass is 441 g/mol. The molecule has 1 aromatic heterocycles. The van der Waals surface area contributed by atoms with E-state index in [-0.39, 0.29) is 12.0 Å². The first kappa shape index (κ1) is 18.7. The summed E-state index contributed by atoms with van der Waals surface area (Å²) in [5.41, 5.74) is 3.30. The van der Waals surface area contributed by atoms with Crippen LogP contribution in [0.5, 0.6) is 5.75 Å². The maximum atomic E-state index is 12.6. The zero-order chi connectivity index (χ0) is 19.5. The van der Waals surface area contributed by atoms with E-state index in [1.54, 1.807) is 13.4 Å². The summed E-state index contributed by atoms with van der Waals surface area (Å²) >= 11 is 3.49. The number of halogens is 1. The predicted octanol–water partition coefficient (Wildman–Crippen LogP) is 3.86. The summed E-state index contributed by atoms with van der Waals surface area (Å²) < 4.78 is 14.2. The molecule has 1 aliphatic rings. The minimum Gasteiger partial charge on any atom is -0.497 e. The third-order valence-corrected chi connectivity index (χ3v) is 5.60. The van der Waals surface area contributed by atoms with E-state index in [2.05, 4.69) is 26.2 Å². The summed E-state index contributed by atoms with van der Waals surface area (Å²) in [6.45, 7) is 1.39. The van der Waals surface area contributed by atoms with Gasteiger partial charge < -0.3 is 19.4 Å². The van der Waals surface area contributed by atoms with Crippen molar-refractivity contribution in [3.05, 3.63) is 81.8 Å². The maximum absolute atomic E-state index is 12.6. The molecule has 1 amide bonds. The van der Waals surface area contributed by atoms with Crippen molar-refractivity contribution >= 4 is 21.8 Å². The van der Waals surface area contributed by atoms with Crippen LogP contribution in [0.3, 0.4) is 0 Å². The van der Waals surface area contributed by atoms with Gasteiger partial charge in [0.15, 0.2) is 5.69 Å². The highest BCUT2D eigenvalue weighted by molar-refractivity contribution is 9.10. The number of fused-ring (bicyclic) bond motifs is 1. The second-order valence-corrected chi connectivity index (χ2v) is 7.39. The molecule has 4 rings (SSSR count). The largest absolute Gasteiger partial charge is 0.497 e. The second kappa shape index (κ2) is 8.16. The number of nitrogens with zero attached hydrogens (tertiary/aromatic N) is 2. The van der Waals surface area contributed by atoms with Crippen molar-refractivity contribution in [3.63, 3.8) is 0 Å². The van der Waals surface area contributed by atoms with Crippen molar-refractivity contribution in [1.29, 1.82) is 0 Å². The van der Waals surface area contributed by atoms with Crippen LogP contribution in [0, 0.1) is 0 Å². The zero-order valence-electron chi connectivity index (χ0n) is 15.4. The third-order valence-electron chi connectivity index (χ3n) is 4.83. The van der Waals surface area contributed by atoms with E-state index in [1.165, 1.54) is 0 Å². The van der Waals surface area contributed by atoms with Gasteiger partial charge in [-0.1, -0.05) is 46.3 Å². The fourth-order valence-electron chi connectivity index (χ4n) is 3.24. The fraction of sp³-hybridized carbons (Fsp3) is 0.238. The van der Waals surface area contributed by atoms with Gasteiger partial charge in [-0.2, -0.15) is 0 Å². The van der Waals surface area contributed by atoms with E-state index in [0.29, 0.717) is 25.4 Å². The van der Waals surface area contributed by atoms with E-state index in [1.807, 2.05) is 53.1 Å². The standard InChI is InChI=1S/C21H20BrN3O3/c1-27-16-8-6-14(7-9-16)19-11-25-13-24-20(18(25)12-28-19)21(26)23-10-15-4-2-3-5-17(15)22/h2-9,13,19H,10-12H2,1H3,(H,23,26)/t19-/m1/s1. The summed E-state index contributed by atoms with van der Waals surface area (Å²) in [6, 6.07) is 15.6. The Labute approximate surface area is 171 Å². The van der Waals surface area contributed by atoms with Gasteiger partial charge in [0, 0.05) is 11.0 Å². The summed E-state index contributed by atoms with van der Waals surface area (Å²) in [6.07, 6.45) is 1.63. The average molecular weight is 442 g/mol. The van der Waals surface area contributed by atoms with Gasteiger partial charge in [-0.15, -0.1) is 0 Å². The highest BCUT2D eigenvalue weighted by Crippen LogP contribution is 2.29. The first-order valence-electron chi connectivity index (χ1n) is 8.97. The summed E-state index contributed by atoms with van der Waals surface area (Å²) in [4.78, 5) is 16.9. The number of benzene rings is 2. The lowest BCUT2D eigenvalue weighted by Gasteiger charge is -2.25. The van der Waals surface area contributed by atoms with Crippen molar-refractivity contribution in [2.24, 2.45) is 0 Å². The highest BCUT2D eigenvalue weighted by Gasteiger charge is 2.26. The molecule has 0 unspecified atom stereocenters. The molecule has 0 saturated heterocycles. The quantitative estimate of drug-likeness (QED) is 0.652. The van der Waals surface area contributed by atoms with Crippen molar-refractivity contribution in [2.45, 2.75) is 25.8 Å². The molecular formula is C21H20BrN3O3. The van der Waals surface area contributed by atoms with Gasteiger partial charge in [0.05, 0.1) is 32.3 Å².